The number of amides is 1. The lowest BCUT2D eigenvalue weighted by molar-refractivity contribution is -0.113. The first kappa shape index (κ1) is 14.8. The van der Waals surface area contributed by atoms with Crippen molar-refractivity contribution in [1.82, 2.24) is 10.2 Å². The Bertz CT molecular complexity index is 654. The fourth-order valence-corrected chi connectivity index (χ4v) is 4.72. The van der Waals surface area contributed by atoms with Gasteiger partial charge in [-0.15, -0.1) is 0 Å². The minimum atomic E-state index is -0.448. The van der Waals surface area contributed by atoms with Gasteiger partial charge in [-0.3, -0.25) is 4.79 Å². The normalized spacial score (nSPS) is 30.5. The maximum absolute atomic E-state index is 11.6. The lowest BCUT2D eigenvalue weighted by Crippen LogP contribution is -2.44. The van der Waals surface area contributed by atoms with Crippen LogP contribution in [0.2, 0.25) is 0 Å². The SMILES string of the molecule is C[C@@H]1CN(C#N)C[C@@H]1C1(c2ccccc2)NC=C(C(N)=O)S1. The molecule has 1 fully saturated rings. The Morgan fingerprint density at radius 2 is 2.18 bits per heavy atom. The zero-order valence-electron chi connectivity index (χ0n) is 12.3. The van der Waals surface area contributed by atoms with Gasteiger partial charge in [0.25, 0.3) is 5.91 Å². The third-order valence-corrected chi connectivity index (χ3v) is 5.93. The summed E-state index contributed by atoms with van der Waals surface area (Å²) >= 11 is 1.47. The number of carbonyl (C=O) groups is 1. The van der Waals surface area contributed by atoms with Crippen LogP contribution in [-0.4, -0.2) is 23.9 Å². The van der Waals surface area contributed by atoms with Gasteiger partial charge in [-0.1, -0.05) is 49.0 Å². The van der Waals surface area contributed by atoms with Gasteiger partial charge in [0.2, 0.25) is 0 Å². The zero-order chi connectivity index (χ0) is 15.7. The maximum atomic E-state index is 11.6. The molecule has 2 aliphatic rings. The molecule has 2 heterocycles. The Kier molecular flexibility index (Phi) is 3.75. The van der Waals surface area contributed by atoms with E-state index in [-0.39, 0.29) is 5.92 Å². The van der Waals surface area contributed by atoms with Crippen molar-refractivity contribution in [3.63, 3.8) is 0 Å². The molecule has 3 rings (SSSR count). The second kappa shape index (κ2) is 5.58. The molecule has 114 valence electrons. The summed E-state index contributed by atoms with van der Waals surface area (Å²) in [4.78, 5) is 13.4. The molecule has 5 nitrogen and oxygen atoms in total. The average Bonchev–Trinajstić information content (AvgIpc) is 3.13. The van der Waals surface area contributed by atoms with Gasteiger partial charge >= 0.3 is 0 Å². The molecule has 0 aromatic heterocycles. The Morgan fingerprint density at radius 3 is 2.73 bits per heavy atom. The number of hydrogen-bond donors (Lipinski definition) is 2. The highest BCUT2D eigenvalue weighted by molar-refractivity contribution is 8.05. The Morgan fingerprint density at radius 1 is 1.45 bits per heavy atom. The molecule has 0 aliphatic carbocycles. The van der Waals surface area contributed by atoms with Gasteiger partial charge in [0.1, 0.15) is 4.87 Å². The molecular weight excluding hydrogens is 296 g/mol. The van der Waals surface area contributed by atoms with Crippen LogP contribution in [0.5, 0.6) is 0 Å². The number of nitrogens with one attached hydrogen (secondary N) is 1. The van der Waals surface area contributed by atoms with Crippen molar-refractivity contribution in [2.75, 3.05) is 13.1 Å². The van der Waals surface area contributed by atoms with Crippen LogP contribution in [0.1, 0.15) is 12.5 Å². The minimum absolute atomic E-state index is 0.202. The van der Waals surface area contributed by atoms with Gasteiger partial charge in [0.15, 0.2) is 6.19 Å². The first-order chi connectivity index (χ1) is 10.6. The molecule has 6 heteroatoms. The highest BCUT2D eigenvalue weighted by Gasteiger charge is 2.50. The highest BCUT2D eigenvalue weighted by Crippen LogP contribution is 2.52. The van der Waals surface area contributed by atoms with E-state index in [1.54, 1.807) is 11.1 Å². The van der Waals surface area contributed by atoms with Gasteiger partial charge < -0.3 is 16.0 Å². The van der Waals surface area contributed by atoms with Crippen LogP contribution in [0.15, 0.2) is 41.4 Å². The molecule has 22 heavy (non-hydrogen) atoms. The van der Waals surface area contributed by atoms with Gasteiger partial charge in [-0.2, -0.15) is 5.26 Å². The largest absolute Gasteiger partial charge is 0.371 e. The molecule has 2 aliphatic heterocycles. The van der Waals surface area contributed by atoms with E-state index in [1.165, 1.54) is 11.8 Å². The van der Waals surface area contributed by atoms with Gasteiger partial charge in [0, 0.05) is 25.2 Å². The summed E-state index contributed by atoms with van der Waals surface area (Å²) in [6.45, 7) is 3.56. The van der Waals surface area contributed by atoms with Crippen molar-refractivity contribution in [2.24, 2.45) is 17.6 Å². The summed E-state index contributed by atoms with van der Waals surface area (Å²) in [6, 6.07) is 10.1. The number of carbonyl (C=O) groups excluding carboxylic acids is 1. The van der Waals surface area contributed by atoms with Crippen LogP contribution in [0.25, 0.3) is 0 Å². The molecular formula is C16H18N4OS. The lowest BCUT2D eigenvalue weighted by atomic mass is 9.85. The van der Waals surface area contributed by atoms with Crippen molar-refractivity contribution in [1.29, 1.82) is 5.26 Å². The molecule has 1 aromatic rings. The number of nitriles is 1. The van der Waals surface area contributed by atoms with Crippen LogP contribution in [0.4, 0.5) is 0 Å². The summed E-state index contributed by atoms with van der Waals surface area (Å²) in [5, 5.41) is 12.6. The molecule has 1 unspecified atom stereocenters. The van der Waals surface area contributed by atoms with E-state index in [2.05, 4.69) is 30.6 Å². The van der Waals surface area contributed by atoms with E-state index < -0.39 is 10.8 Å². The van der Waals surface area contributed by atoms with E-state index >= 15 is 0 Å². The summed E-state index contributed by atoms with van der Waals surface area (Å²) in [5.74, 6) is 0.117. The summed E-state index contributed by atoms with van der Waals surface area (Å²) in [5.41, 5.74) is 6.55. The van der Waals surface area contributed by atoms with Crippen LogP contribution in [0.3, 0.4) is 0 Å². The molecule has 0 spiro atoms. The third-order valence-electron chi connectivity index (χ3n) is 4.41. The first-order valence-electron chi connectivity index (χ1n) is 7.23. The molecule has 0 saturated carbocycles. The highest BCUT2D eigenvalue weighted by atomic mass is 32.2. The maximum Gasteiger partial charge on any atom is 0.256 e. The summed E-state index contributed by atoms with van der Waals surface area (Å²) in [7, 11) is 0. The molecule has 1 saturated heterocycles. The fourth-order valence-electron chi connectivity index (χ4n) is 3.33. The van der Waals surface area contributed by atoms with Gasteiger partial charge in [0.05, 0.1) is 4.91 Å². The van der Waals surface area contributed by atoms with E-state index in [0.29, 0.717) is 17.4 Å². The molecule has 3 atom stereocenters. The van der Waals surface area contributed by atoms with Crippen molar-refractivity contribution in [2.45, 2.75) is 11.8 Å². The van der Waals surface area contributed by atoms with Crippen molar-refractivity contribution < 1.29 is 4.79 Å². The Balaban J connectivity index is 1.99. The first-order valence-corrected chi connectivity index (χ1v) is 8.05. The number of rotatable bonds is 3. The molecule has 0 radical (unpaired) electrons. The molecule has 1 aromatic carbocycles. The van der Waals surface area contributed by atoms with Crippen molar-refractivity contribution in [3.8, 4) is 6.19 Å². The van der Waals surface area contributed by atoms with Crippen LogP contribution in [-0.2, 0) is 9.67 Å². The summed E-state index contributed by atoms with van der Waals surface area (Å²) in [6.07, 6.45) is 3.95. The zero-order valence-corrected chi connectivity index (χ0v) is 13.1. The van der Waals surface area contributed by atoms with Crippen LogP contribution >= 0.6 is 11.8 Å². The average molecular weight is 314 g/mol. The predicted octanol–water partition coefficient (Wildman–Crippen LogP) is 1.55. The van der Waals surface area contributed by atoms with Crippen LogP contribution < -0.4 is 11.1 Å². The second-order valence-corrected chi connectivity index (χ2v) is 7.10. The van der Waals surface area contributed by atoms with Crippen molar-refractivity contribution >= 4 is 17.7 Å². The minimum Gasteiger partial charge on any atom is -0.371 e. The number of benzene rings is 1. The number of nitrogens with zero attached hydrogens (tertiary/aromatic N) is 2. The smallest absolute Gasteiger partial charge is 0.256 e. The number of thioether (sulfide) groups is 1. The standard InChI is InChI=1S/C16H18N4OS/c1-11-8-20(10-17)9-13(11)16(12-5-3-2-4-6-12)19-7-14(22-16)15(18)21/h2-7,11,13,19H,8-9H2,1H3,(H2,18,21)/t11-,13+,16?/m1/s1. The molecule has 3 N–H and O–H groups in total. The van der Waals surface area contributed by atoms with Gasteiger partial charge in [-0.05, 0) is 11.5 Å². The van der Waals surface area contributed by atoms with Crippen LogP contribution in [0, 0.1) is 23.3 Å². The third kappa shape index (κ3) is 2.32. The van der Waals surface area contributed by atoms with Crippen molar-refractivity contribution in [3.05, 3.63) is 47.0 Å². The van der Waals surface area contributed by atoms with Gasteiger partial charge in [-0.25, -0.2) is 0 Å². The van der Waals surface area contributed by atoms with E-state index in [0.717, 1.165) is 12.1 Å². The topological polar surface area (TPSA) is 82.2 Å². The predicted molar refractivity (Wildman–Crippen MR) is 86.0 cm³/mol. The number of hydrogen-bond acceptors (Lipinski definition) is 5. The summed E-state index contributed by atoms with van der Waals surface area (Å²) < 4.78 is 0. The monoisotopic (exact) mass is 314 g/mol. The lowest BCUT2D eigenvalue weighted by Gasteiger charge is -2.37. The Hall–Kier alpha value is -2.13. The number of likely N-dealkylation sites (tertiary alicyclic amines) is 1. The quantitative estimate of drug-likeness (QED) is 0.827. The second-order valence-electron chi connectivity index (χ2n) is 5.81. The molecule has 1 amide bonds. The Labute approximate surface area is 134 Å². The van der Waals surface area contributed by atoms with E-state index in [4.69, 9.17) is 5.73 Å². The van der Waals surface area contributed by atoms with E-state index in [1.807, 2.05) is 18.2 Å². The fraction of sp³-hybridized carbons (Fsp3) is 0.375. The number of primary amides is 1. The van der Waals surface area contributed by atoms with E-state index in [9.17, 15) is 10.1 Å². The molecule has 0 bridgehead atoms. The number of nitrogens with two attached hydrogens (primary N) is 1.